The minimum absolute atomic E-state index is 0.143. The zero-order valence-corrected chi connectivity index (χ0v) is 16.3. The van der Waals surface area contributed by atoms with Gasteiger partial charge in [-0.1, -0.05) is 20.8 Å². The van der Waals surface area contributed by atoms with Crippen molar-refractivity contribution in [3.8, 4) is 6.07 Å². The Morgan fingerprint density at radius 2 is 1.88 bits per heavy atom. The van der Waals surface area contributed by atoms with Crippen LogP contribution in [0.25, 0.3) is 0 Å². The topological polar surface area (TPSA) is 82.2 Å². The molecule has 1 aliphatic heterocycles. The number of rotatable bonds is 6. The minimum atomic E-state index is -0.729. The number of nitrogens with two attached hydrogens (primary N) is 1. The summed E-state index contributed by atoms with van der Waals surface area (Å²) >= 11 is 0. The van der Waals surface area contributed by atoms with Gasteiger partial charge in [0.15, 0.2) is 0 Å². The molecule has 142 valence electrons. The molecule has 3 N–H and O–H groups in total. The summed E-state index contributed by atoms with van der Waals surface area (Å²) in [6, 6.07) is 1.87. The SMILES string of the molecule is CCCN1CCC(C#N)(NC(=O)C(N)CC2CCC(C)(C)CC2)CC1. The summed E-state index contributed by atoms with van der Waals surface area (Å²) in [6.45, 7) is 9.60. The van der Waals surface area contributed by atoms with Crippen molar-refractivity contribution >= 4 is 5.91 Å². The van der Waals surface area contributed by atoms with Crippen molar-refractivity contribution in [1.29, 1.82) is 5.26 Å². The number of hydrogen-bond donors (Lipinski definition) is 2. The van der Waals surface area contributed by atoms with E-state index in [2.05, 4.69) is 37.1 Å². The number of carbonyl (C=O) groups is 1. The molecule has 0 aromatic heterocycles. The molecule has 1 saturated heterocycles. The molecule has 1 aliphatic carbocycles. The standard InChI is InChI=1S/C20H36N4O/c1-4-11-24-12-9-20(15-21,10-13-24)23-18(25)17(22)14-16-5-7-19(2,3)8-6-16/h16-17H,4-14,22H2,1-3H3,(H,23,25). The van der Waals surface area contributed by atoms with E-state index in [1.807, 2.05) is 0 Å². The van der Waals surface area contributed by atoms with Crippen LogP contribution in [0.2, 0.25) is 0 Å². The Hall–Kier alpha value is -1.12. The number of nitrogens with one attached hydrogen (secondary N) is 1. The summed E-state index contributed by atoms with van der Waals surface area (Å²) < 4.78 is 0. The zero-order valence-electron chi connectivity index (χ0n) is 16.3. The fourth-order valence-electron chi connectivity index (χ4n) is 4.23. The smallest absolute Gasteiger partial charge is 0.238 e. The summed E-state index contributed by atoms with van der Waals surface area (Å²) in [5.74, 6) is 0.397. The van der Waals surface area contributed by atoms with Crippen LogP contribution in [0.4, 0.5) is 0 Å². The van der Waals surface area contributed by atoms with E-state index in [9.17, 15) is 10.1 Å². The molecule has 0 spiro atoms. The van der Waals surface area contributed by atoms with Crippen LogP contribution in [-0.2, 0) is 4.79 Å². The normalized spacial score (nSPS) is 25.1. The summed E-state index contributed by atoms with van der Waals surface area (Å²) in [4.78, 5) is 14.9. The quantitative estimate of drug-likeness (QED) is 0.773. The first-order valence-electron chi connectivity index (χ1n) is 10.0. The number of nitriles is 1. The third-order valence-corrected chi connectivity index (χ3v) is 6.21. The van der Waals surface area contributed by atoms with Gasteiger partial charge < -0.3 is 16.0 Å². The van der Waals surface area contributed by atoms with E-state index in [0.29, 0.717) is 24.2 Å². The van der Waals surface area contributed by atoms with Crippen LogP contribution in [0.3, 0.4) is 0 Å². The van der Waals surface area contributed by atoms with E-state index in [1.165, 1.54) is 12.8 Å². The van der Waals surface area contributed by atoms with Crippen LogP contribution in [0.15, 0.2) is 0 Å². The van der Waals surface area contributed by atoms with Gasteiger partial charge in [-0.25, -0.2) is 0 Å². The molecule has 5 heteroatoms. The summed E-state index contributed by atoms with van der Waals surface area (Å²) in [5, 5.41) is 12.6. The van der Waals surface area contributed by atoms with Crippen molar-refractivity contribution in [2.24, 2.45) is 17.1 Å². The highest BCUT2D eigenvalue weighted by atomic mass is 16.2. The van der Waals surface area contributed by atoms with Crippen LogP contribution in [0, 0.1) is 22.7 Å². The minimum Gasteiger partial charge on any atom is -0.336 e. The van der Waals surface area contributed by atoms with Crippen molar-refractivity contribution in [1.82, 2.24) is 10.2 Å². The van der Waals surface area contributed by atoms with Gasteiger partial charge in [-0.15, -0.1) is 0 Å². The summed E-state index contributed by atoms with van der Waals surface area (Å²) in [5.41, 5.74) is 5.89. The second-order valence-corrected chi connectivity index (χ2v) is 8.97. The van der Waals surface area contributed by atoms with Gasteiger partial charge in [0, 0.05) is 13.1 Å². The van der Waals surface area contributed by atoms with E-state index in [4.69, 9.17) is 5.73 Å². The Labute approximate surface area is 153 Å². The molecule has 0 aromatic carbocycles. The molecule has 0 aromatic rings. The number of likely N-dealkylation sites (tertiary alicyclic amines) is 1. The fourth-order valence-corrected chi connectivity index (χ4v) is 4.23. The van der Waals surface area contributed by atoms with Gasteiger partial charge in [0.25, 0.3) is 0 Å². The van der Waals surface area contributed by atoms with Crippen molar-refractivity contribution in [2.75, 3.05) is 19.6 Å². The predicted octanol–water partition coefficient (Wildman–Crippen LogP) is 2.80. The summed E-state index contributed by atoms with van der Waals surface area (Å²) in [6.07, 6.45) is 7.98. The summed E-state index contributed by atoms with van der Waals surface area (Å²) in [7, 11) is 0. The Morgan fingerprint density at radius 1 is 1.28 bits per heavy atom. The first-order chi connectivity index (χ1) is 11.8. The third kappa shape index (κ3) is 5.69. The van der Waals surface area contributed by atoms with E-state index in [0.717, 1.165) is 45.3 Å². The van der Waals surface area contributed by atoms with E-state index >= 15 is 0 Å². The molecule has 1 amide bonds. The lowest BCUT2D eigenvalue weighted by Gasteiger charge is -2.38. The van der Waals surface area contributed by atoms with Crippen LogP contribution < -0.4 is 11.1 Å². The number of nitrogens with zero attached hydrogens (tertiary/aromatic N) is 2. The molecule has 0 bridgehead atoms. The van der Waals surface area contributed by atoms with Crippen molar-refractivity contribution < 1.29 is 4.79 Å². The molecule has 2 aliphatic rings. The average molecular weight is 349 g/mol. The molecule has 1 heterocycles. The van der Waals surface area contributed by atoms with E-state index in [-0.39, 0.29) is 5.91 Å². The van der Waals surface area contributed by atoms with E-state index < -0.39 is 11.6 Å². The van der Waals surface area contributed by atoms with Crippen molar-refractivity contribution in [3.63, 3.8) is 0 Å². The highest BCUT2D eigenvalue weighted by molar-refractivity contribution is 5.82. The Kier molecular flexibility index (Phi) is 6.87. The molecule has 1 atom stereocenters. The lowest BCUT2D eigenvalue weighted by atomic mass is 9.71. The second kappa shape index (κ2) is 8.51. The van der Waals surface area contributed by atoms with Gasteiger partial charge in [-0.2, -0.15) is 5.26 Å². The number of piperidine rings is 1. The van der Waals surface area contributed by atoms with Gasteiger partial charge in [-0.05, 0) is 69.2 Å². The van der Waals surface area contributed by atoms with Crippen LogP contribution >= 0.6 is 0 Å². The highest BCUT2D eigenvalue weighted by Crippen LogP contribution is 2.39. The molecule has 5 nitrogen and oxygen atoms in total. The first-order valence-corrected chi connectivity index (χ1v) is 10.0. The Morgan fingerprint density at radius 3 is 2.40 bits per heavy atom. The van der Waals surface area contributed by atoms with Crippen LogP contribution in [0.5, 0.6) is 0 Å². The van der Waals surface area contributed by atoms with Gasteiger partial charge in [0.05, 0.1) is 12.1 Å². The van der Waals surface area contributed by atoms with Gasteiger partial charge >= 0.3 is 0 Å². The molecule has 0 radical (unpaired) electrons. The zero-order chi connectivity index (χ0) is 18.5. The molecular formula is C20H36N4O. The van der Waals surface area contributed by atoms with Crippen molar-refractivity contribution in [3.05, 3.63) is 0 Å². The van der Waals surface area contributed by atoms with Crippen LogP contribution in [0.1, 0.15) is 72.1 Å². The molecular weight excluding hydrogens is 312 g/mol. The number of carbonyl (C=O) groups excluding carboxylic acids is 1. The monoisotopic (exact) mass is 348 g/mol. The Balaban J connectivity index is 1.82. The molecule has 2 fully saturated rings. The average Bonchev–Trinajstić information content (AvgIpc) is 2.59. The maximum atomic E-state index is 12.6. The Bertz CT molecular complexity index is 478. The maximum Gasteiger partial charge on any atom is 0.238 e. The third-order valence-electron chi connectivity index (χ3n) is 6.21. The van der Waals surface area contributed by atoms with Gasteiger partial charge in [0.1, 0.15) is 5.54 Å². The van der Waals surface area contributed by atoms with Gasteiger partial charge in [-0.3, -0.25) is 4.79 Å². The van der Waals surface area contributed by atoms with Crippen LogP contribution in [-0.4, -0.2) is 42.0 Å². The fraction of sp³-hybridized carbons (Fsp3) is 0.900. The first kappa shape index (κ1) is 20.2. The molecule has 1 saturated carbocycles. The second-order valence-electron chi connectivity index (χ2n) is 8.97. The lowest BCUT2D eigenvalue weighted by Crippen LogP contribution is -2.58. The largest absolute Gasteiger partial charge is 0.336 e. The van der Waals surface area contributed by atoms with E-state index in [1.54, 1.807) is 0 Å². The highest BCUT2D eigenvalue weighted by Gasteiger charge is 2.37. The number of amides is 1. The molecule has 2 rings (SSSR count). The molecule has 1 unspecified atom stereocenters. The van der Waals surface area contributed by atoms with Crippen molar-refractivity contribution in [2.45, 2.75) is 83.7 Å². The predicted molar refractivity (Wildman–Crippen MR) is 101 cm³/mol. The maximum absolute atomic E-state index is 12.6. The van der Waals surface area contributed by atoms with Gasteiger partial charge in [0.2, 0.25) is 5.91 Å². The molecule has 25 heavy (non-hydrogen) atoms. The lowest BCUT2D eigenvalue weighted by molar-refractivity contribution is -0.124. The number of hydrogen-bond acceptors (Lipinski definition) is 4.